The lowest BCUT2D eigenvalue weighted by Crippen LogP contribution is -2.52. The number of nitrogens with zero attached hydrogens (tertiary/aromatic N) is 6. The fraction of sp³-hybridized carbons (Fsp3) is 0.533. The smallest absolute Gasteiger partial charge is 0.330 e. The monoisotopic (exact) mass is 607 g/mol. The Labute approximate surface area is 253 Å². The SMILES string of the molecule is Cc1ncsc1-c1ccc([C@@H](NC(=O)[C@@H]2C[C@@H](O)CN2C(=O)[C@H]2n3nnc(C4CC4)c3CN(C)CC2(C)C)C(=O)O)cc1. The van der Waals surface area contributed by atoms with Gasteiger partial charge in [0.05, 0.1) is 33.6 Å². The number of fused-ring (bicyclic) bond motifs is 1. The first-order chi connectivity index (χ1) is 20.4. The Kier molecular flexibility index (Phi) is 7.59. The average Bonchev–Trinajstić information content (AvgIpc) is 3.42. The number of aromatic nitrogens is 4. The maximum Gasteiger partial charge on any atom is 0.330 e. The molecule has 0 unspecified atom stereocenters. The Bertz CT molecular complexity index is 1550. The number of carboxylic acid groups (broad SMARTS) is 1. The lowest BCUT2D eigenvalue weighted by molar-refractivity contribution is -0.146. The average molecular weight is 608 g/mol. The van der Waals surface area contributed by atoms with Crippen LogP contribution in [0.25, 0.3) is 10.4 Å². The second-order valence-electron chi connectivity index (χ2n) is 12.8. The molecule has 4 heterocycles. The minimum Gasteiger partial charge on any atom is -0.479 e. The summed E-state index contributed by atoms with van der Waals surface area (Å²) in [6.45, 7) is 7.10. The molecule has 3 aromatic rings. The van der Waals surface area contributed by atoms with Gasteiger partial charge in [0.15, 0.2) is 6.04 Å². The minimum atomic E-state index is -1.33. The predicted molar refractivity (Wildman–Crippen MR) is 158 cm³/mol. The highest BCUT2D eigenvalue weighted by Crippen LogP contribution is 2.44. The highest BCUT2D eigenvalue weighted by Gasteiger charge is 2.49. The van der Waals surface area contributed by atoms with Gasteiger partial charge in [-0.05, 0) is 37.9 Å². The molecule has 2 fully saturated rings. The lowest BCUT2D eigenvalue weighted by atomic mass is 9.83. The maximum atomic E-state index is 14.4. The van der Waals surface area contributed by atoms with Crippen LogP contribution < -0.4 is 5.32 Å². The fourth-order valence-electron chi connectivity index (χ4n) is 6.62. The van der Waals surface area contributed by atoms with Crippen LogP contribution in [-0.4, -0.2) is 90.1 Å². The molecule has 6 rings (SSSR count). The van der Waals surface area contributed by atoms with Crippen LogP contribution in [0, 0.1) is 12.3 Å². The van der Waals surface area contributed by atoms with E-state index in [1.165, 1.54) is 16.2 Å². The van der Waals surface area contributed by atoms with Crippen molar-refractivity contribution >= 4 is 29.1 Å². The van der Waals surface area contributed by atoms with E-state index in [0.29, 0.717) is 24.6 Å². The maximum absolute atomic E-state index is 14.4. The van der Waals surface area contributed by atoms with Gasteiger partial charge in [0, 0.05) is 37.4 Å². The first kappa shape index (κ1) is 29.4. The Hall–Kier alpha value is -3.68. The Balaban J connectivity index is 1.26. The zero-order valence-corrected chi connectivity index (χ0v) is 25.5. The summed E-state index contributed by atoms with van der Waals surface area (Å²) < 4.78 is 1.73. The third-order valence-electron chi connectivity index (χ3n) is 8.75. The van der Waals surface area contributed by atoms with Gasteiger partial charge in [0.2, 0.25) is 11.8 Å². The number of aliphatic hydroxyl groups excluding tert-OH is 1. The lowest BCUT2D eigenvalue weighted by Gasteiger charge is -2.37. The Morgan fingerprint density at radius 2 is 1.88 bits per heavy atom. The van der Waals surface area contributed by atoms with Crippen LogP contribution >= 0.6 is 11.3 Å². The second kappa shape index (κ2) is 11.1. The van der Waals surface area contributed by atoms with E-state index in [1.807, 2.05) is 40.0 Å². The summed E-state index contributed by atoms with van der Waals surface area (Å²) in [5.41, 5.74) is 5.22. The summed E-state index contributed by atoms with van der Waals surface area (Å²) in [4.78, 5) is 49.2. The predicted octanol–water partition coefficient (Wildman–Crippen LogP) is 2.50. The van der Waals surface area contributed by atoms with E-state index in [0.717, 1.165) is 40.4 Å². The number of nitrogens with one attached hydrogen (secondary N) is 1. The van der Waals surface area contributed by atoms with Gasteiger partial charge in [-0.15, -0.1) is 16.4 Å². The molecule has 13 heteroatoms. The summed E-state index contributed by atoms with van der Waals surface area (Å²) >= 11 is 1.50. The van der Waals surface area contributed by atoms with Gasteiger partial charge >= 0.3 is 5.97 Å². The first-order valence-electron chi connectivity index (χ1n) is 14.6. The van der Waals surface area contributed by atoms with Gasteiger partial charge in [-0.3, -0.25) is 14.5 Å². The molecule has 2 amide bonds. The van der Waals surface area contributed by atoms with E-state index in [9.17, 15) is 24.6 Å². The molecule has 0 spiro atoms. The number of benzene rings is 1. The molecule has 2 aromatic heterocycles. The zero-order valence-electron chi connectivity index (χ0n) is 24.7. The first-order valence-corrected chi connectivity index (χ1v) is 15.5. The van der Waals surface area contributed by atoms with Gasteiger partial charge in [-0.2, -0.15) is 0 Å². The number of hydrogen-bond acceptors (Lipinski definition) is 9. The standard InChI is InChI=1S/C30H37N7O5S/c1-16-25(43-15-31-16)19-9-7-18(8-10-19)24(29(41)42)32-27(39)21-11-20(38)12-36(21)28(40)26-30(2,3)14-35(4)13-22-23(17-5-6-17)33-34-37(22)26/h7-10,15,17,20-21,24,26,38H,5-6,11-14H2,1-4H3,(H,32,39)(H,41,42)/t20-,21+,24-,26-/m1/s1. The summed E-state index contributed by atoms with van der Waals surface area (Å²) in [5.74, 6) is -1.82. The van der Waals surface area contributed by atoms with E-state index in [1.54, 1.807) is 22.3 Å². The molecular formula is C30H37N7O5S. The molecule has 3 aliphatic rings. The molecule has 3 N–H and O–H groups in total. The van der Waals surface area contributed by atoms with Crippen LogP contribution in [0.1, 0.15) is 73.8 Å². The second-order valence-corrected chi connectivity index (χ2v) is 13.6. The number of carboxylic acids is 1. The van der Waals surface area contributed by atoms with Gasteiger partial charge in [-0.1, -0.05) is 43.3 Å². The molecule has 0 bridgehead atoms. The number of likely N-dealkylation sites (tertiary alicyclic amines) is 1. The number of thiazole rings is 1. The number of β-amino-alcohol motifs (C(OH)–C–C–N with tert-alkyl or cyclic N) is 1. The summed E-state index contributed by atoms with van der Waals surface area (Å²) in [6, 6.07) is 3.86. The van der Waals surface area contributed by atoms with Gasteiger partial charge in [0.25, 0.3) is 0 Å². The van der Waals surface area contributed by atoms with Crippen molar-refractivity contribution < 1.29 is 24.6 Å². The molecule has 0 radical (unpaired) electrons. The van der Waals surface area contributed by atoms with Gasteiger partial charge < -0.3 is 20.4 Å². The minimum absolute atomic E-state index is 0.0120. The number of carbonyl (C=O) groups is 3. The van der Waals surface area contributed by atoms with E-state index in [4.69, 9.17) is 0 Å². The van der Waals surface area contributed by atoms with Crippen molar-refractivity contribution in [1.82, 2.24) is 35.1 Å². The number of amides is 2. The Morgan fingerprint density at radius 1 is 1.16 bits per heavy atom. The van der Waals surface area contributed by atoms with Crippen LogP contribution in [0.5, 0.6) is 0 Å². The van der Waals surface area contributed by atoms with Gasteiger partial charge in [0.1, 0.15) is 12.1 Å². The molecule has 2 aliphatic heterocycles. The Morgan fingerprint density at radius 3 is 2.51 bits per heavy atom. The highest BCUT2D eigenvalue weighted by atomic mass is 32.1. The molecule has 1 saturated heterocycles. The van der Waals surface area contributed by atoms with Gasteiger partial charge in [-0.25, -0.2) is 14.5 Å². The van der Waals surface area contributed by atoms with Crippen LogP contribution in [0.15, 0.2) is 29.8 Å². The quantitative estimate of drug-likeness (QED) is 0.368. The molecule has 1 aromatic carbocycles. The molecule has 4 atom stereocenters. The van der Waals surface area contributed by atoms with Crippen LogP contribution in [0.2, 0.25) is 0 Å². The molecule has 228 valence electrons. The van der Waals surface area contributed by atoms with E-state index < -0.39 is 41.5 Å². The third kappa shape index (κ3) is 5.56. The highest BCUT2D eigenvalue weighted by molar-refractivity contribution is 7.13. The van der Waals surface area contributed by atoms with E-state index in [-0.39, 0.29) is 18.9 Å². The number of carbonyl (C=O) groups excluding carboxylic acids is 2. The van der Waals surface area contributed by atoms with Crippen molar-refractivity contribution in [3.8, 4) is 10.4 Å². The summed E-state index contributed by atoms with van der Waals surface area (Å²) in [5, 5.41) is 32.3. The molecule has 43 heavy (non-hydrogen) atoms. The normalized spacial score (nSPS) is 24.3. The largest absolute Gasteiger partial charge is 0.479 e. The fourth-order valence-corrected chi connectivity index (χ4v) is 7.43. The number of aryl methyl sites for hydroxylation is 1. The molecule has 1 aliphatic carbocycles. The van der Waals surface area contributed by atoms with Crippen molar-refractivity contribution in [2.24, 2.45) is 5.41 Å². The van der Waals surface area contributed by atoms with E-state index in [2.05, 4.69) is 25.5 Å². The van der Waals surface area contributed by atoms with Crippen LogP contribution in [0.3, 0.4) is 0 Å². The van der Waals surface area contributed by atoms with Crippen molar-refractivity contribution in [2.45, 2.75) is 76.7 Å². The number of rotatable bonds is 7. The number of hydrogen-bond donors (Lipinski definition) is 3. The van der Waals surface area contributed by atoms with Crippen LogP contribution in [0.4, 0.5) is 0 Å². The topological polar surface area (TPSA) is 154 Å². The summed E-state index contributed by atoms with van der Waals surface area (Å²) in [6.07, 6.45) is 1.20. The van der Waals surface area contributed by atoms with Crippen molar-refractivity contribution in [3.05, 3.63) is 52.4 Å². The molecular weight excluding hydrogens is 570 g/mol. The molecule has 1 saturated carbocycles. The van der Waals surface area contributed by atoms with Crippen molar-refractivity contribution in [3.63, 3.8) is 0 Å². The van der Waals surface area contributed by atoms with Crippen molar-refractivity contribution in [1.29, 1.82) is 0 Å². The van der Waals surface area contributed by atoms with Crippen molar-refractivity contribution in [2.75, 3.05) is 20.1 Å². The summed E-state index contributed by atoms with van der Waals surface area (Å²) in [7, 11) is 2.01. The molecule has 12 nitrogen and oxygen atoms in total. The third-order valence-corrected chi connectivity index (χ3v) is 9.73. The van der Waals surface area contributed by atoms with E-state index >= 15 is 0 Å². The zero-order chi connectivity index (χ0) is 30.6. The number of aliphatic carboxylic acids is 1. The number of aliphatic hydroxyl groups is 1. The van der Waals surface area contributed by atoms with Crippen LogP contribution in [-0.2, 0) is 20.9 Å².